The lowest BCUT2D eigenvalue weighted by Crippen LogP contribution is -2.37. The Hall–Kier alpha value is -2.97. The average Bonchev–Trinajstić information content (AvgIpc) is 2.93. The molecule has 0 bridgehead atoms. The minimum absolute atomic E-state index is 0.0116. The number of halogens is 2. The van der Waals surface area contributed by atoms with Crippen LogP contribution in [0.1, 0.15) is 10.4 Å². The minimum Gasteiger partial charge on any atom is -0.493 e. The molecule has 2 amide bonds. The molecule has 1 N–H and O–H groups in total. The van der Waals surface area contributed by atoms with Crippen LogP contribution < -0.4 is 24.4 Å². The highest BCUT2D eigenvalue weighted by Crippen LogP contribution is 2.47. The van der Waals surface area contributed by atoms with Gasteiger partial charge >= 0.3 is 0 Å². The smallest absolute Gasteiger partial charge is 0.300 e. The molecular formula is C19H16Cl2N2O6. The molecular weight excluding hydrogens is 423 g/mol. The van der Waals surface area contributed by atoms with Gasteiger partial charge in [-0.3, -0.25) is 19.3 Å². The van der Waals surface area contributed by atoms with Gasteiger partial charge in [-0.05, 0) is 18.2 Å². The Morgan fingerprint density at radius 2 is 1.69 bits per heavy atom. The zero-order valence-corrected chi connectivity index (χ0v) is 17.2. The standard InChI is InChI=1S/C19H16Cl2N2O6/c1-27-13-7-12-15(18(29-3)17(13)28-2)16(25)19(26)23(12)8-14(24)22-9-4-5-10(20)11(21)6-9/h4-7H,8H2,1-3H3,(H,22,24). The first-order chi connectivity index (χ1) is 13.8. The fourth-order valence-electron chi connectivity index (χ4n) is 2.99. The van der Waals surface area contributed by atoms with Gasteiger partial charge in [-0.25, -0.2) is 0 Å². The van der Waals surface area contributed by atoms with Crippen molar-refractivity contribution < 1.29 is 28.6 Å². The number of anilines is 2. The van der Waals surface area contributed by atoms with Gasteiger partial charge in [0.1, 0.15) is 6.54 Å². The van der Waals surface area contributed by atoms with Crippen LogP contribution in [0, 0.1) is 0 Å². The Balaban J connectivity index is 1.94. The first-order valence-electron chi connectivity index (χ1n) is 8.26. The third-order valence-electron chi connectivity index (χ3n) is 4.27. The molecule has 2 aromatic carbocycles. The Morgan fingerprint density at radius 3 is 2.28 bits per heavy atom. The molecule has 3 rings (SSSR count). The third kappa shape index (κ3) is 3.68. The van der Waals surface area contributed by atoms with Crippen LogP contribution in [0.3, 0.4) is 0 Å². The number of methoxy groups -OCH3 is 3. The molecule has 1 aliphatic rings. The molecule has 0 unspecified atom stereocenters. The second-order valence-corrected chi connectivity index (χ2v) is 6.75. The molecule has 10 heteroatoms. The molecule has 0 fully saturated rings. The predicted molar refractivity (Wildman–Crippen MR) is 108 cm³/mol. The van der Waals surface area contributed by atoms with Crippen LogP contribution in [-0.4, -0.2) is 45.5 Å². The SMILES string of the molecule is COc1cc2c(c(OC)c1OC)C(=O)C(=O)N2CC(=O)Nc1ccc(Cl)c(Cl)c1. The van der Waals surface area contributed by atoms with Gasteiger partial charge < -0.3 is 19.5 Å². The number of nitrogens with one attached hydrogen (secondary N) is 1. The number of hydrogen-bond donors (Lipinski definition) is 1. The Labute approximate surface area is 176 Å². The lowest BCUT2D eigenvalue weighted by Gasteiger charge is -2.19. The largest absolute Gasteiger partial charge is 0.493 e. The van der Waals surface area contributed by atoms with Crippen molar-refractivity contribution in [3.8, 4) is 17.2 Å². The van der Waals surface area contributed by atoms with Crippen molar-refractivity contribution in [2.75, 3.05) is 38.1 Å². The summed E-state index contributed by atoms with van der Waals surface area (Å²) in [5.74, 6) is -1.71. The van der Waals surface area contributed by atoms with Gasteiger partial charge in [-0.2, -0.15) is 0 Å². The molecule has 0 spiro atoms. The van der Waals surface area contributed by atoms with E-state index >= 15 is 0 Å². The van der Waals surface area contributed by atoms with Crippen LogP contribution in [0.5, 0.6) is 17.2 Å². The van der Waals surface area contributed by atoms with Gasteiger partial charge in [-0.15, -0.1) is 0 Å². The number of fused-ring (bicyclic) bond motifs is 1. The van der Waals surface area contributed by atoms with Crippen molar-refractivity contribution in [1.82, 2.24) is 0 Å². The highest BCUT2D eigenvalue weighted by atomic mass is 35.5. The summed E-state index contributed by atoms with van der Waals surface area (Å²) in [5.41, 5.74) is 0.601. The number of Topliss-reactive ketones (excluding diaryl/α,β-unsaturated/α-hetero) is 1. The first-order valence-corrected chi connectivity index (χ1v) is 9.02. The third-order valence-corrected chi connectivity index (χ3v) is 5.01. The molecule has 29 heavy (non-hydrogen) atoms. The Bertz CT molecular complexity index is 1020. The molecule has 0 atom stereocenters. The van der Waals surface area contributed by atoms with E-state index in [1.54, 1.807) is 6.07 Å². The number of rotatable bonds is 6. The maximum Gasteiger partial charge on any atom is 0.300 e. The van der Waals surface area contributed by atoms with E-state index < -0.39 is 24.1 Å². The average molecular weight is 439 g/mol. The van der Waals surface area contributed by atoms with E-state index in [4.69, 9.17) is 37.4 Å². The van der Waals surface area contributed by atoms with E-state index in [0.29, 0.717) is 10.7 Å². The zero-order valence-electron chi connectivity index (χ0n) is 15.7. The molecule has 0 saturated carbocycles. The molecule has 8 nitrogen and oxygen atoms in total. The first kappa shape index (κ1) is 20.8. The summed E-state index contributed by atoms with van der Waals surface area (Å²) < 4.78 is 15.8. The summed E-state index contributed by atoms with van der Waals surface area (Å²) in [6.07, 6.45) is 0. The van der Waals surface area contributed by atoms with Crippen molar-refractivity contribution in [2.45, 2.75) is 0 Å². The van der Waals surface area contributed by atoms with E-state index in [9.17, 15) is 14.4 Å². The summed E-state index contributed by atoms with van der Waals surface area (Å²) in [7, 11) is 4.13. The maximum absolute atomic E-state index is 12.5. The van der Waals surface area contributed by atoms with Gasteiger partial charge in [0.2, 0.25) is 11.7 Å². The summed E-state index contributed by atoms with van der Waals surface area (Å²) in [6.45, 7) is -0.406. The van der Waals surface area contributed by atoms with Gasteiger partial charge in [-0.1, -0.05) is 23.2 Å². The fourth-order valence-corrected chi connectivity index (χ4v) is 3.29. The molecule has 152 valence electrons. The van der Waals surface area contributed by atoms with Crippen LogP contribution >= 0.6 is 23.2 Å². The fraction of sp³-hybridized carbons (Fsp3) is 0.211. The van der Waals surface area contributed by atoms with Gasteiger partial charge in [0.05, 0.1) is 42.6 Å². The topological polar surface area (TPSA) is 94.2 Å². The van der Waals surface area contributed by atoms with Gasteiger partial charge in [0.15, 0.2) is 11.5 Å². The minimum atomic E-state index is -0.863. The normalized spacial score (nSPS) is 12.7. The Kier molecular flexibility index (Phi) is 5.86. The van der Waals surface area contributed by atoms with Crippen molar-refractivity contribution in [3.63, 3.8) is 0 Å². The molecule has 0 aromatic heterocycles. The molecule has 1 heterocycles. The lowest BCUT2D eigenvalue weighted by molar-refractivity contribution is -0.118. The number of ketones is 1. The lowest BCUT2D eigenvalue weighted by atomic mass is 10.1. The second kappa shape index (κ2) is 8.18. The summed E-state index contributed by atoms with van der Waals surface area (Å²) in [6, 6.07) is 6.02. The highest BCUT2D eigenvalue weighted by molar-refractivity contribution is 6.53. The summed E-state index contributed by atoms with van der Waals surface area (Å²) in [5, 5.41) is 3.22. The number of hydrogen-bond acceptors (Lipinski definition) is 6. The molecule has 1 aliphatic heterocycles. The number of benzene rings is 2. The number of amides is 2. The summed E-state index contributed by atoms with van der Waals surface area (Å²) in [4.78, 5) is 38.6. The predicted octanol–water partition coefficient (Wildman–Crippen LogP) is 3.19. The highest BCUT2D eigenvalue weighted by Gasteiger charge is 2.42. The summed E-state index contributed by atoms with van der Waals surface area (Å²) >= 11 is 11.8. The quantitative estimate of drug-likeness (QED) is 0.695. The van der Waals surface area contributed by atoms with Crippen molar-refractivity contribution in [1.29, 1.82) is 0 Å². The van der Waals surface area contributed by atoms with Gasteiger partial charge in [0, 0.05) is 11.8 Å². The van der Waals surface area contributed by atoms with Crippen molar-refractivity contribution >= 4 is 52.2 Å². The van der Waals surface area contributed by atoms with Crippen LogP contribution in [-0.2, 0) is 9.59 Å². The molecule has 0 aliphatic carbocycles. The zero-order chi connectivity index (χ0) is 21.3. The Morgan fingerprint density at radius 1 is 1.00 bits per heavy atom. The monoisotopic (exact) mass is 438 g/mol. The van der Waals surface area contributed by atoms with Crippen molar-refractivity contribution in [2.24, 2.45) is 0 Å². The van der Waals surface area contributed by atoms with E-state index in [2.05, 4.69) is 5.32 Å². The van der Waals surface area contributed by atoms with Gasteiger partial charge in [0.25, 0.3) is 11.7 Å². The van der Waals surface area contributed by atoms with Crippen LogP contribution in [0.15, 0.2) is 24.3 Å². The van der Waals surface area contributed by atoms with E-state index in [1.165, 1.54) is 39.5 Å². The number of nitrogens with zero attached hydrogens (tertiary/aromatic N) is 1. The van der Waals surface area contributed by atoms with Crippen molar-refractivity contribution in [3.05, 3.63) is 39.9 Å². The number of ether oxygens (including phenoxy) is 3. The van der Waals surface area contributed by atoms with E-state index in [0.717, 1.165) is 4.90 Å². The van der Waals surface area contributed by atoms with Crippen LogP contribution in [0.25, 0.3) is 0 Å². The van der Waals surface area contributed by atoms with E-state index in [-0.39, 0.29) is 33.5 Å². The number of carbonyl (C=O) groups is 3. The number of carbonyl (C=O) groups excluding carboxylic acids is 3. The molecule has 2 aromatic rings. The van der Waals surface area contributed by atoms with Crippen LogP contribution in [0.2, 0.25) is 10.0 Å². The molecule has 0 saturated heterocycles. The van der Waals surface area contributed by atoms with E-state index in [1.807, 2.05) is 0 Å². The van der Waals surface area contributed by atoms with Crippen LogP contribution in [0.4, 0.5) is 11.4 Å². The maximum atomic E-state index is 12.5. The molecule has 0 radical (unpaired) electrons. The second-order valence-electron chi connectivity index (χ2n) is 5.94.